The van der Waals surface area contributed by atoms with Gasteiger partial charge in [0.05, 0.1) is 0 Å². The van der Waals surface area contributed by atoms with Crippen LogP contribution in [0.2, 0.25) is 0 Å². The summed E-state index contributed by atoms with van der Waals surface area (Å²) in [4.78, 5) is 11.9. The average molecular weight is 349 g/mol. The van der Waals surface area contributed by atoms with Crippen LogP contribution < -0.4 is 15.8 Å². The Labute approximate surface area is 149 Å². The van der Waals surface area contributed by atoms with E-state index in [4.69, 9.17) is 10.5 Å². The predicted octanol–water partition coefficient (Wildman–Crippen LogP) is 3.40. The van der Waals surface area contributed by atoms with Crippen molar-refractivity contribution in [1.82, 2.24) is 5.32 Å². The summed E-state index contributed by atoms with van der Waals surface area (Å²) in [5.41, 5.74) is 7.93. The molecule has 24 heavy (non-hydrogen) atoms. The van der Waals surface area contributed by atoms with Crippen molar-refractivity contribution < 1.29 is 9.53 Å². The van der Waals surface area contributed by atoms with Gasteiger partial charge in [-0.2, -0.15) is 0 Å². The highest BCUT2D eigenvalue weighted by molar-refractivity contribution is 5.85. The maximum atomic E-state index is 11.9. The lowest BCUT2D eigenvalue weighted by Gasteiger charge is -2.15. The fraction of sp³-hybridized carbons (Fsp3) is 0.316. The SMILES string of the molecule is CC(N)CCNC(=O)C(C)Oc1ccc(-c2ccccc2)cc1.Cl. The van der Waals surface area contributed by atoms with E-state index in [1.807, 2.05) is 49.4 Å². The van der Waals surface area contributed by atoms with E-state index in [2.05, 4.69) is 17.4 Å². The summed E-state index contributed by atoms with van der Waals surface area (Å²) in [5, 5.41) is 2.83. The molecule has 0 heterocycles. The molecule has 4 nitrogen and oxygen atoms in total. The second-order valence-electron chi connectivity index (χ2n) is 5.71. The van der Waals surface area contributed by atoms with Crippen LogP contribution in [0.3, 0.4) is 0 Å². The number of hydrogen-bond acceptors (Lipinski definition) is 3. The highest BCUT2D eigenvalue weighted by Gasteiger charge is 2.14. The van der Waals surface area contributed by atoms with Gasteiger partial charge >= 0.3 is 0 Å². The van der Waals surface area contributed by atoms with Gasteiger partial charge in [-0.1, -0.05) is 42.5 Å². The van der Waals surface area contributed by atoms with Crippen molar-refractivity contribution in [3.8, 4) is 16.9 Å². The summed E-state index contributed by atoms with van der Waals surface area (Å²) in [6, 6.07) is 18.0. The Balaban J connectivity index is 0.00000288. The van der Waals surface area contributed by atoms with Crippen LogP contribution in [0.25, 0.3) is 11.1 Å². The summed E-state index contributed by atoms with van der Waals surface area (Å²) in [7, 11) is 0. The second-order valence-corrected chi connectivity index (χ2v) is 5.71. The number of amides is 1. The van der Waals surface area contributed by atoms with Gasteiger partial charge in [-0.3, -0.25) is 4.79 Å². The topological polar surface area (TPSA) is 64.3 Å². The van der Waals surface area contributed by atoms with Crippen LogP contribution in [0.15, 0.2) is 54.6 Å². The number of ether oxygens (including phenoxy) is 1. The van der Waals surface area contributed by atoms with Gasteiger partial charge in [-0.15, -0.1) is 12.4 Å². The van der Waals surface area contributed by atoms with E-state index < -0.39 is 6.10 Å². The van der Waals surface area contributed by atoms with E-state index >= 15 is 0 Å². The van der Waals surface area contributed by atoms with E-state index in [1.54, 1.807) is 6.92 Å². The number of rotatable bonds is 7. The van der Waals surface area contributed by atoms with Gasteiger partial charge in [0.2, 0.25) is 0 Å². The molecule has 0 radical (unpaired) electrons. The van der Waals surface area contributed by atoms with Crippen LogP contribution in [0.5, 0.6) is 5.75 Å². The number of nitrogens with one attached hydrogen (secondary N) is 1. The molecule has 0 fully saturated rings. The molecule has 0 bridgehead atoms. The molecule has 0 aliphatic rings. The number of carbonyl (C=O) groups excluding carboxylic acids is 1. The van der Waals surface area contributed by atoms with Crippen molar-refractivity contribution in [2.24, 2.45) is 5.73 Å². The number of carbonyl (C=O) groups is 1. The lowest BCUT2D eigenvalue weighted by molar-refractivity contribution is -0.127. The first-order valence-electron chi connectivity index (χ1n) is 7.91. The van der Waals surface area contributed by atoms with Crippen LogP contribution in [0.1, 0.15) is 20.3 Å². The maximum Gasteiger partial charge on any atom is 0.260 e. The fourth-order valence-electron chi connectivity index (χ4n) is 2.18. The summed E-state index contributed by atoms with van der Waals surface area (Å²) in [6.45, 7) is 4.23. The lowest BCUT2D eigenvalue weighted by atomic mass is 10.1. The van der Waals surface area contributed by atoms with Crippen molar-refractivity contribution in [2.75, 3.05) is 6.54 Å². The molecule has 2 aromatic carbocycles. The lowest BCUT2D eigenvalue weighted by Crippen LogP contribution is -2.38. The van der Waals surface area contributed by atoms with Gasteiger partial charge in [0, 0.05) is 12.6 Å². The van der Waals surface area contributed by atoms with Crippen LogP contribution in [0, 0.1) is 0 Å². The predicted molar refractivity (Wildman–Crippen MR) is 100 cm³/mol. The maximum absolute atomic E-state index is 11.9. The summed E-state index contributed by atoms with van der Waals surface area (Å²) in [5.74, 6) is 0.553. The van der Waals surface area contributed by atoms with Crippen molar-refractivity contribution in [3.05, 3.63) is 54.6 Å². The first-order chi connectivity index (χ1) is 11.1. The van der Waals surface area contributed by atoms with Crippen LogP contribution in [-0.4, -0.2) is 24.6 Å². The Hall–Kier alpha value is -2.04. The highest BCUT2D eigenvalue weighted by Crippen LogP contribution is 2.22. The van der Waals surface area contributed by atoms with Gasteiger partial charge in [0.15, 0.2) is 6.10 Å². The van der Waals surface area contributed by atoms with Crippen LogP contribution in [-0.2, 0) is 4.79 Å². The molecule has 1 amide bonds. The molecule has 2 atom stereocenters. The van der Waals surface area contributed by atoms with Gasteiger partial charge in [-0.05, 0) is 43.5 Å². The van der Waals surface area contributed by atoms with E-state index in [0.29, 0.717) is 12.3 Å². The minimum absolute atomic E-state index is 0. The van der Waals surface area contributed by atoms with Gasteiger partial charge in [-0.25, -0.2) is 0 Å². The van der Waals surface area contributed by atoms with Gasteiger partial charge in [0.1, 0.15) is 5.75 Å². The highest BCUT2D eigenvalue weighted by atomic mass is 35.5. The van der Waals surface area contributed by atoms with Crippen molar-refractivity contribution in [3.63, 3.8) is 0 Å². The molecule has 0 aliphatic carbocycles. The standard InChI is InChI=1S/C19H24N2O2.ClH/c1-14(20)12-13-21-19(22)15(2)23-18-10-8-17(9-11-18)16-6-4-3-5-7-16;/h3-11,14-15H,12-13,20H2,1-2H3,(H,21,22);1H. The number of halogens is 1. The molecule has 3 N–H and O–H groups in total. The van der Waals surface area contributed by atoms with Crippen molar-refractivity contribution >= 4 is 18.3 Å². The molecule has 0 saturated carbocycles. The van der Waals surface area contributed by atoms with Gasteiger partial charge < -0.3 is 15.8 Å². The third-order valence-electron chi connectivity index (χ3n) is 3.54. The number of benzene rings is 2. The molecule has 130 valence electrons. The molecule has 0 aliphatic heterocycles. The van der Waals surface area contributed by atoms with Crippen molar-refractivity contribution in [1.29, 1.82) is 0 Å². The Kier molecular flexibility index (Phi) is 8.30. The van der Waals surface area contributed by atoms with Crippen molar-refractivity contribution in [2.45, 2.75) is 32.4 Å². The molecule has 2 rings (SSSR count). The normalized spacial score (nSPS) is 12.6. The molecular weight excluding hydrogens is 324 g/mol. The smallest absolute Gasteiger partial charge is 0.260 e. The molecule has 0 spiro atoms. The van der Waals surface area contributed by atoms with Crippen LogP contribution >= 0.6 is 12.4 Å². The first kappa shape index (κ1) is 20.0. The summed E-state index contributed by atoms with van der Waals surface area (Å²) in [6.07, 6.45) is 0.218. The number of hydrogen-bond donors (Lipinski definition) is 2. The second kappa shape index (κ2) is 9.96. The average Bonchev–Trinajstić information content (AvgIpc) is 2.56. The minimum atomic E-state index is -0.536. The minimum Gasteiger partial charge on any atom is -0.481 e. The molecular formula is C19H25ClN2O2. The van der Waals surface area contributed by atoms with E-state index in [9.17, 15) is 4.79 Å². The largest absolute Gasteiger partial charge is 0.481 e. The molecule has 0 saturated heterocycles. The van der Waals surface area contributed by atoms with E-state index in [0.717, 1.165) is 17.5 Å². The summed E-state index contributed by atoms with van der Waals surface area (Å²) >= 11 is 0. The molecule has 2 aromatic rings. The Morgan fingerprint density at radius 3 is 2.21 bits per heavy atom. The third kappa shape index (κ3) is 6.22. The van der Waals surface area contributed by atoms with Gasteiger partial charge in [0.25, 0.3) is 5.91 Å². The number of nitrogens with two attached hydrogens (primary N) is 1. The zero-order valence-electron chi connectivity index (χ0n) is 14.1. The summed E-state index contributed by atoms with van der Waals surface area (Å²) < 4.78 is 5.68. The van der Waals surface area contributed by atoms with E-state index in [-0.39, 0.29) is 24.4 Å². The Morgan fingerprint density at radius 2 is 1.62 bits per heavy atom. The monoisotopic (exact) mass is 348 g/mol. The first-order valence-corrected chi connectivity index (χ1v) is 7.91. The van der Waals surface area contributed by atoms with E-state index in [1.165, 1.54) is 0 Å². The zero-order chi connectivity index (χ0) is 16.7. The third-order valence-corrected chi connectivity index (χ3v) is 3.54. The zero-order valence-corrected chi connectivity index (χ0v) is 14.9. The quantitative estimate of drug-likeness (QED) is 0.806. The Bertz CT molecular complexity index is 615. The Morgan fingerprint density at radius 1 is 1.04 bits per heavy atom. The molecule has 5 heteroatoms. The molecule has 2 unspecified atom stereocenters. The fourth-order valence-corrected chi connectivity index (χ4v) is 2.18. The molecule has 0 aromatic heterocycles. The van der Waals surface area contributed by atoms with Crippen LogP contribution in [0.4, 0.5) is 0 Å².